The van der Waals surface area contributed by atoms with Crippen LogP contribution in [0, 0.1) is 5.92 Å². The molecule has 3 atom stereocenters. The quantitative estimate of drug-likeness (QED) is 0.785. The molecule has 2 rings (SSSR count). The third-order valence-electron chi connectivity index (χ3n) is 4.68. The van der Waals surface area contributed by atoms with E-state index in [1.165, 1.54) is 0 Å². The van der Waals surface area contributed by atoms with E-state index in [-0.39, 0.29) is 23.8 Å². The second-order valence-electron chi connectivity index (χ2n) is 6.11. The molecule has 5 nitrogen and oxygen atoms in total. The van der Waals surface area contributed by atoms with Crippen molar-refractivity contribution in [3.05, 3.63) is 0 Å². The van der Waals surface area contributed by atoms with Crippen LogP contribution in [0.3, 0.4) is 0 Å². The molecule has 1 saturated carbocycles. The Hall–Kier alpha value is -1.10. The maximum absolute atomic E-state index is 12.1. The minimum absolute atomic E-state index is 0.0191. The monoisotopic (exact) mass is 296 g/mol. The van der Waals surface area contributed by atoms with Crippen molar-refractivity contribution in [3.63, 3.8) is 0 Å². The van der Waals surface area contributed by atoms with Gasteiger partial charge in [-0.05, 0) is 39.2 Å². The second-order valence-corrected chi connectivity index (χ2v) is 6.11. The fourth-order valence-corrected chi connectivity index (χ4v) is 3.66. The highest BCUT2D eigenvalue weighted by atomic mass is 16.5. The first-order chi connectivity index (χ1) is 10.2. The molecule has 1 heterocycles. The zero-order valence-electron chi connectivity index (χ0n) is 13.3. The van der Waals surface area contributed by atoms with Gasteiger partial charge in [0.2, 0.25) is 5.91 Å². The lowest BCUT2D eigenvalue weighted by Crippen LogP contribution is -2.52. The van der Waals surface area contributed by atoms with Gasteiger partial charge in [-0.15, -0.1) is 0 Å². The molecule has 1 N–H and O–H groups in total. The lowest BCUT2D eigenvalue weighted by molar-refractivity contribution is -0.150. The van der Waals surface area contributed by atoms with Crippen LogP contribution < -0.4 is 5.32 Å². The summed E-state index contributed by atoms with van der Waals surface area (Å²) in [7, 11) is 0. The van der Waals surface area contributed by atoms with Gasteiger partial charge in [0.25, 0.3) is 0 Å². The highest BCUT2D eigenvalue weighted by Crippen LogP contribution is 2.32. The van der Waals surface area contributed by atoms with E-state index >= 15 is 0 Å². The predicted octanol–water partition coefficient (Wildman–Crippen LogP) is 1.71. The standard InChI is InChI=1S/C16H28N2O3/c1-3-15(19)17-12-7-6-10-18(11-12)14-9-5-8-13(14)16(20)21-4-2/h12-14H,3-11H2,1-2H3,(H,17,19)/t12-,13+,14-/m0/s1. The first kappa shape index (κ1) is 16.3. The summed E-state index contributed by atoms with van der Waals surface area (Å²) in [5, 5.41) is 3.09. The van der Waals surface area contributed by atoms with Crippen molar-refractivity contribution >= 4 is 11.9 Å². The number of piperidine rings is 1. The minimum atomic E-state index is -0.0419. The van der Waals surface area contributed by atoms with Crippen LogP contribution in [-0.2, 0) is 14.3 Å². The van der Waals surface area contributed by atoms with Crippen LogP contribution in [0.1, 0.15) is 52.4 Å². The lowest BCUT2D eigenvalue weighted by Gasteiger charge is -2.38. The van der Waals surface area contributed by atoms with Gasteiger partial charge in [0.1, 0.15) is 0 Å². The molecule has 2 aliphatic rings. The average Bonchev–Trinajstić information content (AvgIpc) is 2.97. The van der Waals surface area contributed by atoms with Gasteiger partial charge < -0.3 is 10.1 Å². The van der Waals surface area contributed by atoms with E-state index in [9.17, 15) is 9.59 Å². The first-order valence-electron chi connectivity index (χ1n) is 8.35. The molecule has 5 heteroatoms. The van der Waals surface area contributed by atoms with Crippen molar-refractivity contribution in [1.29, 1.82) is 0 Å². The Kier molecular flexibility index (Phi) is 6.03. The smallest absolute Gasteiger partial charge is 0.310 e. The molecule has 1 aliphatic carbocycles. The largest absolute Gasteiger partial charge is 0.466 e. The number of rotatable bonds is 5. The van der Waals surface area contributed by atoms with Crippen molar-refractivity contribution in [2.45, 2.75) is 64.5 Å². The molecule has 0 aromatic carbocycles. The maximum Gasteiger partial charge on any atom is 0.310 e. The van der Waals surface area contributed by atoms with E-state index in [1.807, 2.05) is 13.8 Å². The predicted molar refractivity (Wildman–Crippen MR) is 80.8 cm³/mol. The maximum atomic E-state index is 12.1. The molecule has 0 unspecified atom stereocenters. The summed E-state index contributed by atoms with van der Waals surface area (Å²) in [5.41, 5.74) is 0. The van der Waals surface area contributed by atoms with Gasteiger partial charge in [0.05, 0.1) is 12.5 Å². The number of ether oxygens (including phenoxy) is 1. The summed E-state index contributed by atoms with van der Waals surface area (Å²) in [4.78, 5) is 26.0. The number of amides is 1. The van der Waals surface area contributed by atoms with Gasteiger partial charge in [-0.3, -0.25) is 14.5 Å². The third kappa shape index (κ3) is 4.19. The van der Waals surface area contributed by atoms with Crippen molar-refractivity contribution in [2.24, 2.45) is 5.92 Å². The average molecular weight is 296 g/mol. The molecule has 2 fully saturated rings. The molecule has 1 saturated heterocycles. The Morgan fingerprint density at radius 3 is 2.71 bits per heavy atom. The molecule has 0 aromatic rings. The number of hydrogen-bond acceptors (Lipinski definition) is 4. The number of carbonyl (C=O) groups is 2. The van der Waals surface area contributed by atoms with Gasteiger partial charge in [-0.2, -0.15) is 0 Å². The van der Waals surface area contributed by atoms with E-state index in [1.54, 1.807) is 0 Å². The fraction of sp³-hybridized carbons (Fsp3) is 0.875. The van der Waals surface area contributed by atoms with Crippen LogP contribution in [0.2, 0.25) is 0 Å². The Labute approximate surface area is 127 Å². The summed E-state index contributed by atoms with van der Waals surface area (Å²) in [6.07, 6.45) is 5.76. The van der Waals surface area contributed by atoms with Crippen LogP contribution in [0.15, 0.2) is 0 Å². The highest BCUT2D eigenvalue weighted by molar-refractivity contribution is 5.76. The van der Waals surface area contributed by atoms with Gasteiger partial charge in [-0.1, -0.05) is 13.3 Å². The van der Waals surface area contributed by atoms with Crippen LogP contribution in [0.5, 0.6) is 0 Å². The van der Waals surface area contributed by atoms with Crippen LogP contribution in [0.4, 0.5) is 0 Å². The number of esters is 1. The summed E-state index contributed by atoms with van der Waals surface area (Å²) in [5.74, 6) is 0.0977. The summed E-state index contributed by atoms with van der Waals surface area (Å²) in [6, 6.07) is 0.528. The van der Waals surface area contributed by atoms with Crippen LogP contribution in [0.25, 0.3) is 0 Å². The highest BCUT2D eigenvalue weighted by Gasteiger charge is 2.39. The molecule has 0 bridgehead atoms. The fourth-order valence-electron chi connectivity index (χ4n) is 3.66. The molecular formula is C16H28N2O3. The van der Waals surface area contributed by atoms with Crippen molar-refractivity contribution in [2.75, 3.05) is 19.7 Å². The molecule has 0 radical (unpaired) electrons. The van der Waals surface area contributed by atoms with E-state index < -0.39 is 0 Å². The van der Waals surface area contributed by atoms with E-state index in [0.29, 0.717) is 19.1 Å². The second kappa shape index (κ2) is 7.78. The van der Waals surface area contributed by atoms with E-state index in [0.717, 1.165) is 45.2 Å². The van der Waals surface area contributed by atoms with Crippen molar-refractivity contribution < 1.29 is 14.3 Å². The van der Waals surface area contributed by atoms with Gasteiger partial charge >= 0.3 is 5.97 Å². The molecule has 120 valence electrons. The number of likely N-dealkylation sites (tertiary alicyclic amines) is 1. The summed E-state index contributed by atoms with van der Waals surface area (Å²) < 4.78 is 5.22. The molecule has 0 aromatic heterocycles. The number of nitrogens with zero attached hydrogens (tertiary/aromatic N) is 1. The molecule has 1 aliphatic heterocycles. The van der Waals surface area contributed by atoms with E-state index in [2.05, 4.69) is 10.2 Å². The number of nitrogens with one attached hydrogen (secondary N) is 1. The number of hydrogen-bond donors (Lipinski definition) is 1. The molecule has 1 amide bonds. The summed E-state index contributed by atoms with van der Waals surface area (Å²) >= 11 is 0. The Bertz CT molecular complexity index is 373. The molecule has 0 spiro atoms. The lowest BCUT2D eigenvalue weighted by atomic mass is 9.97. The zero-order chi connectivity index (χ0) is 15.2. The van der Waals surface area contributed by atoms with Gasteiger partial charge in [0.15, 0.2) is 0 Å². The summed E-state index contributed by atoms with van der Waals surface area (Å²) in [6.45, 7) is 6.09. The van der Waals surface area contributed by atoms with Gasteiger partial charge in [-0.25, -0.2) is 0 Å². The zero-order valence-corrected chi connectivity index (χ0v) is 13.3. The van der Waals surface area contributed by atoms with Gasteiger partial charge in [0, 0.05) is 25.0 Å². The van der Waals surface area contributed by atoms with Crippen LogP contribution in [-0.4, -0.2) is 48.6 Å². The topological polar surface area (TPSA) is 58.6 Å². The molecular weight excluding hydrogens is 268 g/mol. The molecule has 21 heavy (non-hydrogen) atoms. The van der Waals surface area contributed by atoms with Crippen molar-refractivity contribution in [3.8, 4) is 0 Å². The Balaban J connectivity index is 1.93. The van der Waals surface area contributed by atoms with Crippen molar-refractivity contribution in [1.82, 2.24) is 10.2 Å². The number of carbonyl (C=O) groups excluding carboxylic acids is 2. The minimum Gasteiger partial charge on any atom is -0.466 e. The Morgan fingerprint density at radius 1 is 1.19 bits per heavy atom. The SMILES string of the molecule is CCOC(=O)[C@@H]1CCC[C@@H]1N1CCC[C@H](NC(=O)CC)C1. The van der Waals surface area contributed by atoms with E-state index in [4.69, 9.17) is 4.74 Å². The normalized spacial score (nSPS) is 30.1. The van der Waals surface area contributed by atoms with Crippen LogP contribution >= 0.6 is 0 Å². The first-order valence-corrected chi connectivity index (χ1v) is 8.35. The Morgan fingerprint density at radius 2 is 2.00 bits per heavy atom. The third-order valence-corrected chi connectivity index (χ3v) is 4.68.